The Kier molecular flexibility index (Phi) is 6.08. The Morgan fingerprint density at radius 2 is 1.82 bits per heavy atom. The van der Waals surface area contributed by atoms with Crippen molar-refractivity contribution in [2.24, 2.45) is 0 Å². The first kappa shape index (κ1) is 18.1. The largest absolute Gasteiger partial charge is 0.426 e. The SMILES string of the molecule is CN(C)C(=O)c1ccccc1OC(=O)CC(O)C[N+](C)(C)C. The summed E-state index contributed by atoms with van der Waals surface area (Å²) < 4.78 is 5.79. The van der Waals surface area contributed by atoms with Crippen molar-refractivity contribution >= 4 is 11.9 Å². The van der Waals surface area contributed by atoms with Gasteiger partial charge in [-0.15, -0.1) is 0 Å². The smallest absolute Gasteiger partial charge is 0.314 e. The van der Waals surface area contributed by atoms with Crippen LogP contribution in [0, 0.1) is 0 Å². The predicted molar refractivity (Wildman–Crippen MR) is 83.6 cm³/mol. The number of quaternary nitrogens is 1. The van der Waals surface area contributed by atoms with Gasteiger partial charge in [-0.25, -0.2) is 0 Å². The standard InChI is InChI=1S/C16H25N2O4/c1-17(2)16(21)13-8-6-7-9-14(13)22-15(20)10-12(19)11-18(3,4)5/h6-9,12,19H,10-11H2,1-5H3/q+1. The molecule has 0 saturated carbocycles. The molecule has 1 unspecified atom stereocenters. The van der Waals surface area contributed by atoms with Gasteiger partial charge in [-0.2, -0.15) is 0 Å². The van der Waals surface area contributed by atoms with Gasteiger partial charge >= 0.3 is 5.97 Å². The number of likely N-dealkylation sites (N-methyl/N-ethyl adjacent to an activating group) is 1. The molecular formula is C16H25N2O4+. The lowest BCUT2D eigenvalue weighted by Crippen LogP contribution is -2.42. The zero-order chi connectivity index (χ0) is 16.9. The van der Waals surface area contributed by atoms with Crippen molar-refractivity contribution in [3.8, 4) is 5.75 Å². The second kappa shape index (κ2) is 7.38. The topological polar surface area (TPSA) is 66.8 Å². The molecule has 0 saturated heterocycles. The highest BCUT2D eigenvalue weighted by Gasteiger charge is 2.21. The molecule has 22 heavy (non-hydrogen) atoms. The van der Waals surface area contributed by atoms with Gasteiger partial charge in [0.2, 0.25) is 0 Å². The fourth-order valence-corrected chi connectivity index (χ4v) is 2.03. The predicted octanol–water partition coefficient (Wildman–Crippen LogP) is 0.751. The maximum absolute atomic E-state index is 12.0. The van der Waals surface area contributed by atoms with Gasteiger partial charge in [0.1, 0.15) is 18.4 Å². The van der Waals surface area contributed by atoms with Gasteiger partial charge in [-0.1, -0.05) is 12.1 Å². The van der Waals surface area contributed by atoms with Crippen molar-refractivity contribution < 1.29 is 23.9 Å². The number of hydrogen-bond acceptors (Lipinski definition) is 4. The quantitative estimate of drug-likeness (QED) is 0.478. The monoisotopic (exact) mass is 309 g/mol. The van der Waals surface area contributed by atoms with Gasteiger partial charge in [-0.3, -0.25) is 9.59 Å². The van der Waals surface area contributed by atoms with Crippen LogP contribution in [0.2, 0.25) is 0 Å². The molecule has 1 aromatic carbocycles. The molecule has 1 rings (SSSR count). The molecule has 6 nitrogen and oxygen atoms in total. The summed E-state index contributed by atoms with van der Waals surface area (Å²) in [6, 6.07) is 6.58. The molecule has 0 radical (unpaired) electrons. The average molecular weight is 309 g/mol. The van der Waals surface area contributed by atoms with Gasteiger partial charge in [0.25, 0.3) is 5.91 Å². The van der Waals surface area contributed by atoms with E-state index in [0.29, 0.717) is 16.6 Å². The molecule has 0 spiro atoms. The third-order valence-corrected chi connectivity index (χ3v) is 2.91. The van der Waals surface area contributed by atoms with Crippen LogP contribution < -0.4 is 4.74 Å². The molecule has 0 bridgehead atoms. The molecular weight excluding hydrogens is 284 g/mol. The first-order valence-electron chi connectivity index (χ1n) is 7.10. The lowest BCUT2D eigenvalue weighted by molar-refractivity contribution is -0.873. The van der Waals surface area contributed by atoms with Crippen molar-refractivity contribution in [2.75, 3.05) is 41.8 Å². The zero-order valence-corrected chi connectivity index (χ0v) is 13.9. The summed E-state index contributed by atoms with van der Waals surface area (Å²) in [4.78, 5) is 25.4. The van der Waals surface area contributed by atoms with Crippen molar-refractivity contribution in [1.29, 1.82) is 0 Å². The number of ether oxygens (including phenoxy) is 1. The minimum atomic E-state index is -0.788. The molecule has 6 heteroatoms. The number of benzene rings is 1. The number of aliphatic hydroxyl groups excluding tert-OH is 1. The van der Waals surface area contributed by atoms with Gasteiger partial charge in [0, 0.05) is 14.1 Å². The average Bonchev–Trinajstić information content (AvgIpc) is 2.35. The van der Waals surface area contributed by atoms with Crippen molar-refractivity contribution in [1.82, 2.24) is 4.90 Å². The van der Waals surface area contributed by atoms with Crippen LogP contribution in [0.15, 0.2) is 24.3 Å². The second-order valence-corrected chi connectivity index (χ2v) is 6.50. The summed E-state index contributed by atoms with van der Waals surface area (Å²) in [5.41, 5.74) is 0.321. The summed E-state index contributed by atoms with van der Waals surface area (Å²) in [5.74, 6) is -0.584. The van der Waals surface area contributed by atoms with Gasteiger partial charge < -0.3 is 19.2 Å². The van der Waals surface area contributed by atoms with E-state index in [1.165, 1.54) is 4.90 Å². The third-order valence-electron chi connectivity index (χ3n) is 2.91. The van der Waals surface area contributed by atoms with E-state index in [9.17, 15) is 14.7 Å². The van der Waals surface area contributed by atoms with Crippen LogP contribution in [0.5, 0.6) is 5.75 Å². The van der Waals surface area contributed by atoms with E-state index in [2.05, 4.69) is 0 Å². The summed E-state index contributed by atoms with van der Waals surface area (Å²) in [5, 5.41) is 9.91. The summed E-state index contributed by atoms with van der Waals surface area (Å²) >= 11 is 0. The van der Waals surface area contributed by atoms with Crippen molar-refractivity contribution in [2.45, 2.75) is 12.5 Å². The molecule has 0 aromatic heterocycles. The maximum atomic E-state index is 12.0. The molecule has 122 valence electrons. The Balaban J connectivity index is 2.75. The van der Waals surface area contributed by atoms with Crippen LogP contribution in [-0.2, 0) is 4.79 Å². The number of para-hydroxylation sites is 1. The van der Waals surface area contributed by atoms with Crippen LogP contribution in [0.25, 0.3) is 0 Å². The molecule has 1 aromatic rings. The van der Waals surface area contributed by atoms with E-state index in [4.69, 9.17) is 4.74 Å². The molecule has 1 N–H and O–H groups in total. The van der Waals surface area contributed by atoms with Crippen LogP contribution in [0.3, 0.4) is 0 Å². The first-order chi connectivity index (χ1) is 10.1. The van der Waals surface area contributed by atoms with E-state index in [-0.39, 0.29) is 18.1 Å². The third kappa shape index (κ3) is 5.83. The maximum Gasteiger partial charge on any atom is 0.314 e. The second-order valence-electron chi connectivity index (χ2n) is 6.50. The van der Waals surface area contributed by atoms with Gasteiger partial charge in [-0.05, 0) is 12.1 Å². The minimum Gasteiger partial charge on any atom is -0.426 e. The number of esters is 1. The fraction of sp³-hybridized carbons (Fsp3) is 0.500. The summed E-state index contributed by atoms with van der Waals surface area (Å²) in [6.07, 6.45) is -0.899. The highest BCUT2D eigenvalue weighted by atomic mass is 16.5. The van der Waals surface area contributed by atoms with Crippen molar-refractivity contribution in [3.05, 3.63) is 29.8 Å². The number of aliphatic hydroxyl groups is 1. The molecule has 0 fully saturated rings. The molecule has 1 atom stereocenters. The lowest BCUT2D eigenvalue weighted by atomic mass is 10.1. The van der Waals surface area contributed by atoms with Gasteiger partial charge in [0.05, 0.1) is 33.1 Å². The highest BCUT2D eigenvalue weighted by Crippen LogP contribution is 2.20. The summed E-state index contributed by atoms with van der Waals surface area (Å²) in [6.45, 7) is 0.438. The van der Waals surface area contributed by atoms with Crippen LogP contribution in [-0.4, -0.2) is 74.3 Å². The molecule has 0 heterocycles. The summed E-state index contributed by atoms with van der Waals surface area (Å²) in [7, 11) is 9.05. The van der Waals surface area contributed by atoms with E-state index >= 15 is 0 Å². The number of rotatable bonds is 6. The minimum absolute atomic E-state index is 0.111. The highest BCUT2D eigenvalue weighted by molar-refractivity contribution is 5.97. The normalized spacial score (nSPS) is 12.6. The Morgan fingerprint density at radius 1 is 1.23 bits per heavy atom. The number of amides is 1. The number of carbonyl (C=O) groups is 2. The van der Waals surface area contributed by atoms with Gasteiger partial charge in [0.15, 0.2) is 0 Å². The van der Waals surface area contributed by atoms with E-state index in [0.717, 1.165) is 0 Å². The number of carbonyl (C=O) groups excluding carboxylic acids is 2. The van der Waals surface area contributed by atoms with E-state index in [1.54, 1.807) is 38.4 Å². The fourth-order valence-electron chi connectivity index (χ4n) is 2.03. The Bertz CT molecular complexity index is 535. The van der Waals surface area contributed by atoms with E-state index in [1.807, 2.05) is 21.1 Å². The number of hydrogen-bond donors (Lipinski definition) is 1. The van der Waals surface area contributed by atoms with Crippen molar-refractivity contribution in [3.63, 3.8) is 0 Å². The Labute approximate surface area is 131 Å². The molecule has 0 aliphatic heterocycles. The van der Waals surface area contributed by atoms with E-state index < -0.39 is 12.1 Å². The van der Waals surface area contributed by atoms with Crippen LogP contribution in [0.4, 0.5) is 0 Å². The number of nitrogens with zero attached hydrogens (tertiary/aromatic N) is 2. The molecule has 0 aliphatic rings. The van der Waals surface area contributed by atoms with Crippen LogP contribution in [0.1, 0.15) is 16.8 Å². The Hall–Kier alpha value is -1.92. The molecule has 1 amide bonds. The molecule has 0 aliphatic carbocycles. The Morgan fingerprint density at radius 3 is 2.36 bits per heavy atom. The van der Waals surface area contributed by atoms with Crippen LogP contribution >= 0.6 is 0 Å². The first-order valence-corrected chi connectivity index (χ1v) is 7.10. The zero-order valence-electron chi connectivity index (χ0n) is 13.9. The lowest BCUT2D eigenvalue weighted by Gasteiger charge is -2.26.